The lowest BCUT2D eigenvalue weighted by atomic mass is 10.3. The van der Waals surface area contributed by atoms with Gasteiger partial charge in [-0.25, -0.2) is 18.7 Å². The molecule has 0 aliphatic rings. The summed E-state index contributed by atoms with van der Waals surface area (Å²) < 4.78 is 31.6. The minimum atomic E-state index is -0.567. The largest absolute Gasteiger partial charge is 0.487 e. The predicted molar refractivity (Wildman–Crippen MR) is 60.6 cm³/mol. The Morgan fingerprint density at radius 3 is 2.39 bits per heavy atom. The quantitative estimate of drug-likeness (QED) is 0.900. The Morgan fingerprint density at radius 2 is 1.72 bits per heavy atom. The molecule has 0 amide bonds. The maximum Gasteiger partial charge on any atom is 0.171 e. The van der Waals surface area contributed by atoms with Crippen LogP contribution in [0, 0.1) is 11.6 Å². The molecular weight excluding hydrogens is 240 g/mol. The minimum absolute atomic E-state index is 0.00208. The van der Waals surface area contributed by atoms with Crippen molar-refractivity contribution in [2.45, 2.75) is 13.2 Å². The topological polar surface area (TPSA) is 61.0 Å². The normalized spacial score (nSPS) is 10.4. The van der Waals surface area contributed by atoms with E-state index in [0.29, 0.717) is 5.75 Å². The first kappa shape index (κ1) is 12.4. The molecule has 4 nitrogen and oxygen atoms in total. The van der Waals surface area contributed by atoms with E-state index in [1.54, 1.807) is 0 Å². The van der Waals surface area contributed by atoms with E-state index in [9.17, 15) is 8.78 Å². The van der Waals surface area contributed by atoms with Crippen LogP contribution in [0.25, 0.3) is 0 Å². The van der Waals surface area contributed by atoms with E-state index in [-0.39, 0.29) is 30.4 Å². The van der Waals surface area contributed by atoms with Crippen LogP contribution in [0.1, 0.15) is 11.4 Å². The van der Waals surface area contributed by atoms with Gasteiger partial charge in [-0.1, -0.05) is 0 Å². The second-order valence-electron chi connectivity index (χ2n) is 3.53. The fourth-order valence-electron chi connectivity index (χ4n) is 1.37. The lowest BCUT2D eigenvalue weighted by Gasteiger charge is -2.07. The molecule has 18 heavy (non-hydrogen) atoms. The Labute approximate surface area is 102 Å². The van der Waals surface area contributed by atoms with Crippen molar-refractivity contribution in [3.05, 3.63) is 53.6 Å². The van der Waals surface area contributed by atoms with Crippen molar-refractivity contribution in [3.8, 4) is 5.75 Å². The van der Waals surface area contributed by atoms with Crippen molar-refractivity contribution in [1.29, 1.82) is 0 Å². The SMILES string of the molecule is NCc1ncnc(COc2ccc(F)cc2)c1F. The van der Waals surface area contributed by atoms with Gasteiger partial charge >= 0.3 is 0 Å². The maximum atomic E-state index is 13.7. The van der Waals surface area contributed by atoms with Gasteiger partial charge < -0.3 is 10.5 Å². The van der Waals surface area contributed by atoms with Gasteiger partial charge in [-0.3, -0.25) is 0 Å². The third-order valence-corrected chi connectivity index (χ3v) is 2.32. The van der Waals surface area contributed by atoms with E-state index in [0.717, 1.165) is 0 Å². The van der Waals surface area contributed by atoms with E-state index >= 15 is 0 Å². The second kappa shape index (κ2) is 5.50. The number of benzene rings is 1. The number of nitrogens with zero attached hydrogens (tertiary/aromatic N) is 2. The van der Waals surface area contributed by atoms with E-state index in [4.69, 9.17) is 10.5 Å². The Kier molecular flexibility index (Phi) is 3.78. The molecule has 0 saturated heterocycles. The van der Waals surface area contributed by atoms with E-state index in [1.807, 2.05) is 0 Å². The number of halogens is 2. The van der Waals surface area contributed by atoms with Gasteiger partial charge in [-0.2, -0.15) is 0 Å². The number of hydrogen-bond donors (Lipinski definition) is 1. The third-order valence-electron chi connectivity index (χ3n) is 2.32. The molecule has 0 aliphatic carbocycles. The summed E-state index contributed by atoms with van der Waals surface area (Å²) in [5.41, 5.74) is 5.59. The van der Waals surface area contributed by atoms with Crippen LogP contribution in [0.2, 0.25) is 0 Å². The minimum Gasteiger partial charge on any atom is -0.487 e. The highest BCUT2D eigenvalue weighted by Gasteiger charge is 2.10. The van der Waals surface area contributed by atoms with Gasteiger partial charge in [0.05, 0.1) is 5.69 Å². The number of rotatable bonds is 4. The third kappa shape index (κ3) is 2.78. The summed E-state index contributed by atoms with van der Waals surface area (Å²) in [6.45, 7) is -0.0646. The molecule has 0 unspecified atom stereocenters. The van der Waals surface area contributed by atoms with Crippen LogP contribution in [0.3, 0.4) is 0 Å². The summed E-state index contributed by atoms with van der Waals surface area (Å²) in [5, 5.41) is 0. The van der Waals surface area contributed by atoms with Gasteiger partial charge in [0, 0.05) is 6.54 Å². The molecule has 1 aromatic carbocycles. The molecule has 0 fully saturated rings. The maximum absolute atomic E-state index is 13.7. The summed E-state index contributed by atoms with van der Waals surface area (Å²) in [7, 11) is 0. The molecule has 0 radical (unpaired) electrons. The highest BCUT2D eigenvalue weighted by Crippen LogP contribution is 2.14. The van der Waals surface area contributed by atoms with Gasteiger partial charge in [0.1, 0.15) is 30.2 Å². The van der Waals surface area contributed by atoms with Gasteiger partial charge in [0.25, 0.3) is 0 Å². The van der Waals surface area contributed by atoms with Crippen LogP contribution in [0.4, 0.5) is 8.78 Å². The van der Waals surface area contributed by atoms with E-state index < -0.39 is 5.82 Å². The first-order chi connectivity index (χ1) is 8.70. The monoisotopic (exact) mass is 251 g/mol. The molecule has 0 bridgehead atoms. The summed E-state index contributed by atoms with van der Waals surface area (Å²) in [5.74, 6) is -0.494. The highest BCUT2D eigenvalue weighted by molar-refractivity contribution is 5.22. The number of nitrogens with two attached hydrogens (primary N) is 1. The zero-order valence-corrected chi connectivity index (χ0v) is 9.44. The second-order valence-corrected chi connectivity index (χ2v) is 3.53. The van der Waals surface area contributed by atoms with Crippen LogP contribution in [0.15, 0.2) is 30.6 Å². The average molecular weight is 251 g/mol. The zero-order valence-electron chi connectivity index (χ0n) is 9.44. The Morgan fingerprint density at radius 1 is 1.06 bits per heavy atom. The fraction of sp³-hybridized carbons (Fsp3) is 0.167. The van der Waals surface area contributed by atoms with Crippen molar-refractivity contribution in [3.63, 3.8) is 0 Å². The fourth-order valence-corrected chi connectivity index (χ4v) is 1.37. The highest BCUT2D eigenvalue weighted by atomic mass is 19.1. The first-order valence-electron chi connectivity index (χ1n) is 5.27. The molecule has 2 aromatic rings. The van der Waals surface area contributed by atoms with Crippen molar-refractivity contribution in [2.24, 2.45) is 5.73 Å². The molecule has 1 aromatic heterocycles. The van der Waals surface area contributed by atoms with Crippen molar-refractivity contribution in [1.82, 2.24) is 9.97 Å². The lowest BCUT2D eigenvalue weighted by molar-refractivity contribution is 0.292. The molecule has 0 spiro atoms. The van der Waals surface area contributed by atoms with E-state index in [2.05, 4.69) is 9.97 Å². The molecule has 0 saturated carbocycles. The van der Waals surface area contributed by atoms with Crippen LogP contribution < -0.4 is 10.5 Å². The molecule has 2 N–H and O–H groups in total. The summed E-state index contributed by atoms with van der Waals surface area (Å²) >= 11 is 0. The zero-order chi connectivity index (χ0) is 13.0. The van der Waals surface area contributed by atoms with Crippen molar-refractivity contribution >= 4 is 0 Å². The van der Waals surface area contributed by atoms with Crippen molar-refractivity contribution < 1.29 is 13.5 Å². The number of hydrogen-bond acceptors (Lipinski definition) is 4. The average Bonchev–Trinajstić information content (AvgIpc) is 2.39. The lowest BCUT2D eigenvalue weighted by Crippen LogP contribution is -2.09. The molecule has 6 heteroatoms. The van der Waals surface area contributed by atoms with Gasteiger partial charge in [-0.05, 0) is 24.3 Å². The molecule has 0 aliphatic heterocycles. The molecule has 0 atom stereocenters. The molecular formula is C12H11F2N3O. The summed E-state index contributed by atoms with van der Waals surface area (Å²) in [4.78, 5) is 7.49. The van der Waals surface area contributed by atoms with Gasteiger partial charge in [-0.15, -0.1) is 0 Å². The van der Waals surface area contributed by atoms with E-state index in [1.165, 1.54) is 30.6 Å². The smallest absolute Gasteiger partial charge is 0.171 e. The van der Waals surface area contributed by atoms with Crippen LogP contribution in [-0.2, 0) is 13.2 Å². The van der Waals surface area contributed by atoms with Crippen LogP contribution in [0.5, 0.6) is 5.75 Å². The Balaban J connectivity index is 2.08. The Bertz CT molecular complexity index is 531. The summed E-state index contributed by atoms with van der Waals surface area (Å²) in [6, 6.07) is 5.44. The molecule has 2 rings (SSSR count). The van der Waals surface area contributed by atoms with Crippen LogP contribution in [-0.4, -0.2) is 9.97 Å². The van der Waals surface area contributed by atoms with Crippen molar-refractivity contribution in [2.75, 3.05) is 0 Å². The van der Waals surface area contributed by atoms with Gasteiger partial charge in [0.2, 0.25) is 0 Å². The predicted octanol–water partition coefficient (Wildman–Crippen LogP) is 1.79. The van der Waals surface area contributed by atoms with Gasteiger partial charge in [0.15, 0.2) is 5.82 Å². The number of aromatic nitrogens is 2. The summed E-state index contributed by atoms with van der Waals surface area (Å²) in [6.07, 6.45) is 1.23. The Hall–Kier alpha value is -2.08. The first-order valence-corrected chi connectivity index (χ1v) is 5.27. The standard InChI is InChI=1S/C12H11F2N3O/c13-8-1-3-9(4-2-8)18-6-11-12(14)10(5-15)16-7-17-11/h1-4,7H,5-6,15H2. The molecule has 94 valence electrons. The van der Waals surface area contributed by atoms with Crippen LogP contribution >= 0.6 is 0 Å². The number of ether oxygens (including phenoxy) is 1. The molecule has 1 heterocycles.